The monoisotopic (exact) mass is 275 g/mol. The number of amides is 1. The van der Waals surface area contributed by atoms with Gasteiger partial charge >= 0.3 is 6.18 Å². The summed E-state index contributed by atoms with van der Waals surface area (Å²) in [5.41, 5.74) is -0.632. The third kappa shape index (κ3) is 3.48. The molecule has 0 radical (unpaired) electrons. The van der Waals surface area contributed by atoms with Crippen molar-refractivity contribution in [3.05, 3.63) is 17.5 Å². The summed E-state index contributed by atoms with van der Waals surface area (Å²) in [7, 11) is 0. The van der Waals surface area contributed by atoms with Crippen LogP contribution in [-0.4, -0.2) is 21.7 Å². The summed E-state index contributed by atoms with van der Waals surface area (Å²) in [5.74, 6) is -0.285. The Labute approximate surface area is 109 Å². The first kappa shape index (κ1) is 13.9. The van der Waals surface area contributed by atoms with Crippen LogP contribution in [0.3, 0.4) is 0 Å². The van der Waals surface area contributed by atoms with Gasteiger partial charge < -0.3 is 5.32 Å². The Morgan fingerprint density at radius 2 is 2.11 bits per heavy atom. The van der Waals surface area contributed by atoms with Crippen LogP contribution in [0.15, 0.2) is 6.07 Å². The summed E-state index contributed by atoms with van der Waals surface area (Å²) in [5, 5.41) is 6.25. The van der Waals surface area contributed by atoms with Gasteiger partial charge in [-0.3, -0.25) is 9.48 Å². The van der Waals surface area contributed by atoms with E-state index in [4.69, 9.17) is 0 Å². The fourth-order valence-corrected chi connectivity index (χ4v) is 2.29. The van der Waals surface area contributed by atoms with Crippen LogP contribution in [0, 0.1) is 6.92 Å². The van der Waals surface area contributed by atoms with Crippen LogP contribution in [0.2, 0.25) is 0 Å². The molecule has 1 heterocycles. The number of carbonyl (C=O) groups excluding carboxylic acids is 1. The van der Waals surface area contributed by atoms with Crippen LogP contribution in [-0.2, 0) is 17.5 Å². The molecule has 0 bridgehead atoms. The quantitative estimate of drug-likeness (QED) is 0.919. The molecule has 1 aromatic heterocycles. The van der Waals surface area contributed by atoms with E-state index in [1.807, 2.05) is 0 Å². The molecule has 2 rings (SSSR count). The van der Waals surface area contributed by atoms with Crippen LogP contribution >= 0.6 is 0 Å². The Morgan fingerprint density at radius 3 is 2.63 bits per heavy atom. The lowest BCUT2D eigenvalue weighted by Gasteiger charge is -2.12. The highest BCUT2D eigenvalue weighted by Gasteiger charge is 2.34. The Hall–Kier alpha value is -1.53. The molecule has 106 valence electrons. The molecule has 0 aromatic carbocycles. The maximum Gasteiger partial charge on any atom is 0.435 e. The Bertz CT molecular complexity index is 461. The van der Waals surface area contributed by atoms with Crippen molar-refractivity contribution in [1.82, 2.24) is 15.1 Å². The van der Waals surface area contributed by atoms with Crippen LogP contribution in [0.1, 0.15) is 37.1 Å². The first-order valence-electron chi connectivity index (χ1n) is 6.27. The SMILES string of the molecule is Cc1cc(C(F)(F)F)nn1CC(=O)NC1CCCC1. The maximum atomic E-state index is 12.5. The molecule has 1 aliphatic carbocycles. The van der Waals surface area contributed by atoms with Crippen LogP contribution in [0.5, 0.6) is 0 Å². The van der Waals surface area contributed by atoms with Crippen molar-refractivity contribution in [2.45, 2.75) is 51.4 Å². The van der Waals surface area contributed by atoms with Crippen molar-refractivity contribution in [2.24, 2.45) is 0 Å². The van der Waals surface area contributed by atoms with Gasteiger partial charge in [0.2, 0.25) is 5.91 Å². The molecule has 19 heavy (non-hydrogen) atoms. The third-order valence-electron chi connectivity index (χ3n) is 3.29. The van der Waals surface area contributed by atoms with Crippen LogP contribution < -0.4 is 5.32 Å². The molecule has 0 atom stereocenters. The number of nitrogens with one attached hydrogen (secondary N) is 1. The molecule has 1 N–H and O–H groups in total. The predicted molar refractivity (Wildman–Crippen MR) is 62.4 cm³/mol. The van der Waals surface area contributed by atoms with E-state index in [9.17, 15) is 18.0 Å². The Balaban J connectivity index is 1.98. The van der Waals surface area contributed by atoms with Gasteiger partial charge in [0.1, 0.15) is 6.54 Å². The summed E-state index contributed by atoms with van der Waals surface area (Å²) in [4.78, 5) is 11.7. The smallest absolute Gasteiger partial charge is 0.352 e. The minimum atomic E-state index is -4.47. The van der Waals surface area contributed by atoms with E-state index in [-0.39, 0.29) is 18.5 Å². The predicted octanol–water partition coefficient (Wildman–Crippen LogP) is 2.27. The second kappa shape index (κ2) is 5.22. The molecule has 1 aromatic rings. The van der Waals surface area contributed by atoms with E-state index in [2.05, 4.69) is 10.4 Å². The van der Waals surface area contributed by atoms with Crippen molar-refractivity contribution in [1.29, 1.82) is 0 Å². The minimum Gasteiger partial charge on any atom is -0.352 e. The molecule has 7 heteroatoms. The van der Waals surface area contributed by atoms with Gasteiger partial charge in [-0.25, -0.2) is 0 Å². The molecule has 0 aliphatic heterocycles. The summed E-state index contributed by atoms with van der Waals surface area (Å²) < 4.78 is 38.5. The molecule has 1 aliphatic rings. The second-order valence-electron chi connectivity index (χ2n) is 4.88. The lowest BCUT2D eigenvalue weighted by Crippen LogP contribution is -2.35. The molecule has 1 saturated carbocycles. The standard InChI is InChI=1S/C12H16F3N3O/c1-8-6-10(12(13,14)15)17-18(8)7-11(19)16-9-4-2-3-5-9/h6,9H,2-5,7H2,1H3,(H,16,19). The Kier molecular flexibility index (Phi) is 3.82. The summed E-state index contributed by atoms with van der Waals surface area (Å²) in [6.45, 7) is 1.34. The highest BCUT2D eigenvalue weighted by atomic mass is 19.4. The number of hydrogen-bond donors (Lipinski definition) is 1. The van der Waals surface area contributed by atoms with Crippen molar-refractivity contribution in [2.75, 3.05) is 0 Å². The zero-order valence-electron chi connectivity index (χ0n) is 10.6. The molecule has 1 amide bonds. The van der Waals surface area contributed by atoms with Gasteiger partial charge in [0.15, 0.2) is 5.69 Å². The topological polar surface area (TPSA) is 46.9 Å². The number of aromatic nitrogens is 2. The Morgan fingerprint density at radius 1 is 1.47 bits per heavy atom. The molecule has 0 saturated heterocycles. The summed E-state index contributed by atoms with van der Waals surface area (Å²) in [6.07, 6.45) is -0.416. The number of aryl methyl sites for hydroxylation is 1. The summed E-state index contributed by atoms with van der Waals surface area (Å²) in [6, 6.07) is 1.11. The largest absolute Gasteiger partial charge is 0.435 e. The van der Waals surface area contributed by atoms with Crippen molar-refractivity contribution in [3.63, 3.8) is 0 Å². The molecular weight excluding hydrogens is 259 g/mol. The first-order valence-corrected chi connectivity index (χ1v) is 6.27. The fraction of sp³-hybridized carbons (Fsp3) is 0.667. The van der Waals surface area contributed by atoms with Gasteiger partial charge in [-0.2, -0.15) is 18.3 Å². The lowest BCUT2D eigenvalue weighted by atomic mass is 10.2. The number of alkyl halides is 3. The van der Waals surface area contributed by atoms with Crippen LogP contribution in [0.25, 0.3) is 0 Å². The third-order valence-corrected chi connectivity index (χ3v) is 3.29. The number of carbonyl (C=O) groups is 1. The molecule has 0 spiro atoms. The number of nitrogens with zero attached hydrogens (tertiary/aromatic N) is 2. The van der Waals surface area contributed by atoms with Gasteiger partial charge in [0.05, 0.1) is 0 Å². The normalized spacial score (nSPS) is 16.8. The van der Waals surface area contributed by atoms with Crippen LogP contribution in [0.4, 0.5) is 13.2 Å². The number of rotatable bonds is 3. The molecule has 1 fully saturated rings. The first-order chi connectivity index (χ1) is 8.86. The number of hydrogen-bond acceptors (Lipinski definition) is 2. The molecular formula is C12H16F3N3O. The average molecular weight is 275 g/mol. The van der Waals surface area contributed by atoms with Crippen molar-refractivity contribution in [3.8, 4) is 0 Å². The summed E-state index contributed by atoms with van der Waals surface area (Å²) >= 11 is 0. The minimum absolute atomic E-state index is 0.158. The van der Waals surface area contributed by atoms with E-state index >= 15 is 0 Å². The van der Waals surface area contributed by atoms with Gasteiger partial charge in [0.25, 0.3) is 0 Å². The number of halogens is 3. The van der Waals surface area contributed by atoms with Crippen molar-refractivity contribution < 1.29 is 18.0 Å². The molecule has 4 nitrogen and oxygen atoms in total. The maximum absolute atomic E-state index is 12.5. The van der Waals surface area contributed by atoms with E-state index in [0.717, 1.165) is 36.4 Å². The van der Waals surface area contributed by atoms with Crippen molar-refractivity contribution >= 4 is 5.91 Å². The highest BCUT2D eigenvalue weighted by Crippen LogP contribution is 2.28. The van der Waals surface area contributed by atoms with Gasteiger partial charge in [-0.1, -0.05) is 12.8 Å². The zero-order chi connectivity index (χ0) is 14.0. The van der Waals surface area contributed by atoms with Gasteiger partial charge in [-0.05, 0) is 25.8 Å². The van der Waals surface area contributed by atoms with Gasteiger partial charge in [-0.15, -0.1) is 0 Å². The molecule has 0 unspecified atom stereocenters. The average Bonchev–Trinajstić information content (AvgIpc) is 2.88. The fourth-order valence-electron chi connectivity index (χ4n) is 2.29. The lowest BCUT2D eigenvalue weighted by molar-refractivity contribution is -0.141. The zero-order valence-corrected chi connectivity index (χ0v) is 10.6. The van der Waals surface area contributed by atoms with E-state index in [1.54, 1.807) is 0 Å². The second-order valence-corrected chi connectivity index (χ2v) is 4.88. The van der Waals surface area contributed by atoms with E-state index in [0.29, 0.717) is 5.69 Å². The van der Waals surface area contributed by atoms with Gasteiger partial charge in [0, 0.05) is 11.7 Å². The highest BCUT2D eigenvalue weighted by molar-refractivity contribution is 5.76. The van der Waals surface area contributed by atoms with E-state index < -0.39 is 11.9 Å². The van der Waals surface area contributed by atoms with E-state index in [1.165, 1.54) is 6.92 Å².